The number of benzene rings is 3. The van der Waals surface area contributed by atoms with Crippen LogP contribution in [0.5, 0.6) is 0 Å². The third kappa shape index (κ3) is 3.03. The molecule has 3 aromatic rings. The molecule has 3 aromatic carbocycles. The van der Waals surface area contributed by atoms with Crippen LogP contribution >= 0.6 is 8.51 Å². The number of fused-ring (bicyclic) bond motifs is 2. The van der Waals surface area contributed by atoms with Gasteiger partial charge in [-0.1, -0.05) is 0 Å². The SMILES string of the molecule is [Cl][Bi]1[c]2ccccc2CN(c2ccccc2)Cc2cccc[c]21. The molecule has 0 fully saturated rings. The predicted molar refractivity (Wildman–Crippen MR) is 100 cm³/mol. The van der Waals surface area contributed by atoms with Crippen LogP contribution in [-0.2, 0) is 13.1 Å². The second-order valence-corrected chi connectivity index (χ2v) is 14.6. The van der Waals surface area contributed by atoms with E-state index >= 15 is 0 Å². The van der Waals surface area contributed by atoms with E-state index in [1.807, 2.05) is 0 Å². The van der Waals surface area contributed by atoms with Crippen molar-refractivity contribution in [2.75, 3.05) is 4.90 Å². The number of halogens is 1. The summed E-state index contributed by atoms with van der Waals surface area (Å²) in [6.07, 6.45) is 0. The number of nitrogens with zero attached hydrogens (tertiary/aromatic N) is 1. The zero-order valence-electron chi connectivity index (χ0n) is 12.7. The summed E-state index contributed by atoms with van der Waals surface area (Å²) in [7, 11) is 7.03. The van der Waals surface area contributed by atoms with Gasteiger partial charge in [0.15, 0.2) is 0 Å². The molecule has 0 unspecified atom stereocenters. The summed E-state index contributed by atoms with van der Waals surface area (Å²) >= 11 is -2.37. The average molecular weight is 516 g/mol. The van der Waals surface area contributed by atoms with Gasteiger partial charge in [0, 0.05) is 0 Å². The van der Waals surface area contributed by atoms with Gasteiger partial charge >= 0.3 is 149 Å². The summed E-state index contributed by atoms with van der Waals surface area (Å²) < 4.78 is 2.83. The Bertz CT molecular complexity index is 769. The van der Waals surface area contributed by atoms with E-state index in [1.54, 1.807) is 0 Å². The van der Waals surface area contributed by atoms with Gasteiger partial charge in [-0.3, -0.25) is 0 Å². The monoisotopic (exact) mass is 515 g/mol. The first-order valence-electron chi connectivity index (χ1n) is 7.74. The molecule has 4 rings (SSSR count). The quantitative estimate of drug-likeness (QED) is 0.448. The molecule has 3 heteroatoms. The van der Waals surface area contributed by atoms with E-state index in [4.69, 9.17) is 8.51 Å². The van der Waals surface area contributed by atoms with Gasteiger partial charge in [-0.25, -0.2) is 0 Å². The van der Waals surface area contributed by atoms with Crippen LogP contribution in [0, 0.1) is 0 Å². The Hall–Kier alpha value is -1.37. The summed E-state index contributed by atoms with van der Waals surface area (Å²) in [5, 5.41) is 0. The van der Waals surface area contributed by atoms with E-state index in [0.29, 0.717) is 0 Å². The molecule has 1 nitrogen and oxygen atoms in total. The van der Waals surface area contributed by atoms with Crippen LogP contribution in [0.2, 0.25) is 0 Å². The van der Waals surface area contributed by atoms with E-state index < -0.39 is 20.6 Å². The molecule has 0 aromatic heterocycles. The molecule has 0 atom stereocenters. The molecule has 23 heavy (non-hydrogen) atoms. The Morgan fingerprint density at radius 2 is 1.13 bits per heavy atom. The third-order valence-corrected chi connectivity index (χ3v) is 14.1. The summed E-state index contributed by atoms with van der Waals surface area (Å²) in [5.41, 5.74) is 4.04. The first kappa shape index (κ1) is 15.2. The van der Waals surface area contributed by atoms with Gasteiger partial charge in [0.2, 0.25) is 0 Å². The Kier molecular flexibility index (Phi) is 4.38. The minimum atomic E-state index is -2.37. The van der Waals surface area contributed by atoms with Crippen LogP contribution in [0.25, 0.3) is 0 Å². The van der Waals surface area contributed by atoms with Crippen molar-refractivity contribution in [1.82, 2.24) is 0 Å². The first-order chi connectivity index (χ1) is 11.3. The Morgan fingerprint density at radius 1 is 0.652 bits per heavy atom. The summed E-state index contributed by atoms with van der Waals surface area (Å²) in [6.45, 7) is 1.85. The van der Waals surface area contributed by atoms with Gasteiger partial charge in [-0.05, 0) is 0 Å². The minimum absolute atomic E-state index is 0.924. The van der Waals surface area contributed by atoms with Crippen molar-refractivity contribution in [1.29, 1.82) is 0 Å². The molecule has 1 aliphatic heterocycles. The molecule has 0 N–H and O–H groups in total. The number of hydrogen-bond acceptors (Lipinski definition) is 1. The van der Waals surface area contributed by atoms with Crippen LogP contribution in [-0.4, -0.2) is 20.6 Å². The molecule has 0 spiro atoms. The van der Waals surface area contributed by atoms with E-state index in [2.05, 4.69) is 83.8 Å². The summed E-state index contributed by atoms with van der Waals surface area (Å²) in [5.74, 6) is 0. The topological polar surface area (TPSA) is 3.24 Å². The summed E-state index contributed by atoms with van der Waals surface area (Å²) in [6, 6.07) is 28.1. The normalized spacial score (nSPS) is 14.6. The Balaban J connectivity index is 1.87. The Morgan fingerprint density at radius 3 is 1.70 bits per heavy atom. The number of para-hydroxylation sites is 1. The van der Waals surface area contributed by atoms with Crippen molar-refractivity contribution in [3.05, 3.63) is 90.0 Å². The zero-order valence-corrected chi connectivity index (χ0v) is 16.9. The van der Waals surface area contributed by atoms with E-state index in [-0.39, 0.29) is 0 Å². The molecule has 1 heterocycles. The zero-order chi connectivity index (χ0) is 15.6. The van der Waals surface area contributed by atoms with Gasteiger partial charge in [0.25, 0.3) is 0 Å². The average Bonchev–Trinajstić information content (AvgIpc) is 2.61. The van der Waals surface area contributed by atoms with Gasteiger partial charge < -0.3 is 0 Å². The van der Waals surface area contributed by atoms with Gasteiger partial charge in [0.1, 0.15) is 0 Å². The summed E-state index contributed by atoms with van der Waals surface area (Å²) in [4.78, 5) is 2.45. The third-order valence-electron chi connectivity index (χ3n) is 4.25. The number of anilines is 1. The Labute approximate surface area is 148 Å². The van der Waals surface area contributed by atoms with Crippen molar-refractivity contribution in [2.45, 2.75) is 13.1 Å². The van der Waals surface area contributed by atoms with Gasteiger partial charge in [-0.2, -0.15) is 0 Å². The van der Waals surface area contributed by atoms with Crippen molar-refractivity contribution in [3.63, 3.8) is 0 Å². The molecule has 0 saturated heterocycles. The maximum atomic E-state index is 7.03. The number of hydrogen-bond donors (Lipinski definition) is 0. The molecule has 0 aliphatic carbocycles. The molecule has 0 bridgehead atoms. The van der Waals surface area contributed by atoms with Crippen LogP contribution in [0.4, 0.5) is 5.69 Å². The van der Waals surface area contributed by atoms with Gasteiger partial charge in [0.05, 0.1) is 0 Å². The molecule has 0 radical (unpaired) electrons. The van der Waals surface area contributed by atoms with Crippen molar-refractivity contribution < 1.29 is 0 Å². The maximum absolute atomic E-state index is 7.03. The van der Waals surface area contributed by atoms with Crippen LogP contribution in [0.1, 0.15) is 11.1 Å². The van der Waals surface area contributed by atoms with Crippen molar-refractivity contribution in [2.24, 2.45) is 0 Å². The fraction of sp³-hybridized carbons (Fsp3) is 0.100. The standard InChI is InChI=1S/C20H17N.Bi.ClH/c1-4-10-18(11-5-1)16-21(20-14-8-3-9-15-20)17-19-12-6-2-7-13-19;;/h1-10,12,14-15H,16-17H2;;1H/q;+1;/p-1. The van der Waals surface area contributed by atoms with E-state index in [0.717, 1.165) is 13.1 Å². The molecule has 0 saturated carbocycles. The van der Waals surface area contributed by atoms with Crippen LogP contribution in [0.15, 0.2) is 78.9 Å². The first-order valence-corrected chi connectivity index (χ1v) is 15.5. The van der Waals surface area contributed by atoms with Crippen LogP contribution < -0.4 is 11.4 Å². The second-order valence-electron chi connectivity index (χ2n) is 5.73. The van der Waals surface area contributed by atoms with Crippen LogP contribution in [0.3, 0.4) is 0 Å². The second kappa shape index (κ2) is 6.63. The van der Waals surface area contributed by atoms with Crippen molar-refractivity contribution >= 4 is 41.3 Å². The fourth-order valence-corrected chi connectivity index (χ4v) is 11.8. The van der Waals surface area contributed by atoms with Gasteiger partial charge in [-0.15, -0.1) is 0 Å². The molecule has 1 aliphatic rings. The molecule has 0 amide bonds. The fourth-order valence-electron chi connectivity index (χ4n) is 3.09. The molecular formula is C20H17BiClN. The predicted octanol–water partition coefficient (Wildman–Crippen LogP) is 3.55. The van der Waals surface area contributed by atoms with E-state index in [9.17, 15) is 0 Å². The number of rotatable bonds is 1. The molecule has 114 valence electrons. The molecular weight excluding hydrogens is 499 g/mol. The van der Waals surface area contributed by atoms with Crippen molar-refractivity contribution in [3.8, 4) is 0 Å². The van der Waals surface area contributed by atoms with E-state index in [1.165, 1.54) is 23.4 Å².